The molecular formula is C26H25N3O6. The molecule has 0 fully saturated rings. The standard InChI is InChI=1S/C26H25N3O6/c30-25(11-6-14-28-23-13-12-22(29(32)33)15-24(23)35-26(28)31)27-16-20-9-4-5-10-21(20)18-34-17-19-7-2-1-3-8-19/h1-5,7-10,12-13,15H,6,11,14,16-18H2,(H,27,30). The second kappa shape index (κ2) is 11.3. The van der Waals surface area contributed by atoms with E-state index in [1.54, 1.807) is 0 Å². The van der Waals surface area contributed by atoms with Crippen molar-refractivity contribution in [1.29, 1.82) is 0 Å². The van der Waals surface area contributed by atoms with Gasteiger partial charge in [-0.1, -0.05) is 54.6 Å². The zero-order valence-electron chi connectivity index (χ0n) is 19.0. The Morgan fingerprint density at radius 3 is 2.51 bits per heavy atom. The summed E-state index contributed by atoms with van der Waals surface area (Å²) in [5, 5.41) is 13.8. The predicted molar refractivity (Wildman–Crippen MR) is 130 cm³/mol. The summed E-state index contributed by atoms with van der Waals surface area (Å²) in [6, 6.07) is 21.7. The van der Waals surface area contributed by atoms with Crippen molar-refractivity contribution in [2.45, 2.75) is 39.1 Å². The predicted octanol–water partition coefficient (Wildman–Crippen LogP) is 4.32. The van der Waals surface area contributed by atoms with Gasteiger partial charge in [-0.05, 0) is 29.2 Å². The summed E-state index contributed by atoms with van der Waals surface area (Å²) in [5.74, 6) is -0.744. The highest BCUT2D eigenvalue weighted by atomic mass is 16.6. The number of carbonyl (C=O) groups excluding carboxylic acids is 1. The Hall–Kier alpha value is -4.24. The number of benzene rings is 3. The largest absolute Gasteiger partial charge is 0.419 e. The van der Waals surface area contributed by atoms with Crippen molar-refractivity contribution in [3.05, 3.63) is 110 Å². The second-order valence-corrected chi connectivity index (χ2v) is 8.06. The molecule has 3 aromatic carbocycles. The number of aromatic nitrogens is 1. The van der Waals surface area contributed by atoms with Gasteiger partial charge in [0.05, 0.1) is 29.7 Å². The van der Waals surface area contributed by atoms with Gasteiger partial charge in [0.25, 0.3) is 5.69 Å². The van der Waals surface area contributed by atoms with Crippen molar-refractivity contribution in [1.82, 2.24) is 9.88 Å². The highest BCUT2D eigenvalue weighted by Crippen LogP contribution is 2.20. The number of oxazole rings is 1. The summed E-state index contributed by atoms with van der Waals surface area (Å²) < 4.78 is 12.3. The van der Waals surface area contributed by atoms with E-state index in [0.717, 1.165) is 16.7 Å². The van der Waals surface area contributed by atoms with Crippen LogP contribution in [0, 0.1) is 10.1 Å². The molecule has 1 N–H and O–H groups in total. The number of nitro groups is 1. The fourth-order valence-corrected chi connectivity index (χ4v) is 3.78. The number of nitrogens with one attached hydrogen (secondary N) is 1. The Labute approximate surface area is 201 Å². The third-order valence-electron chi connectivity index (χ3n) is 5.61. The van der Waals surface area contributed by atoms with E-state index in [1.165, 1.54) is 22.8 Å². The SMILES string of the molecule is O=C(CCCn1c(=O)oc2cc([N+](=O)[O-])ccc21)NCc1ccccc1COCc1ccccc1. The second-order valence-electron chi connectivity index (χ2n) is 8.06. The van der Waals surface area contributed by atoms with Gasteiger partial charge in [0.2, 0.25) is 5.91 Å². The molecule has 0 saturated heterocycles. The maximum absolute atomic E-state index is 12.4. The van der Waals surface area contributed by atoms with Crippen molar-refractivity contribution in [2.24, 2.45) is 0 Å². The minimum absolute atomic E-state index is 0.138. The molecule has 0 spiro atoms. The first-order valence-electron chi connectivity index (χ1n) is 11.2. The highest BCUT2D eigenvalue weighted by molar-refractivity contribution is 5.76. The molecule has 0 radical (unpaired) electrons. The lowest BCUT2D eigenvalue weighted by atomic mass is 10.1. The van der Waals surface area contributed by atoms with Crippen molar-refractivity contribution >= 4 is 22.7 Å². The lowest BCUT2D eigenvalue weighted by Crippen LogP contribution is -2.24. The Morgan fingerprint density at radius 2 is 1.74 bits per heavy atom. The fraction of sp³-hybridized carbons (Fsp3) is 0.231. The Morgan fingerprint density at radius 1 is 1.00 bits per heavy atom. The van der Waals surface area contributed by atoms with Crippen LogP contribution in [0.2, 0.25) is 0 Å². The van der Waals surface area contributed by atoms with Crippen molar-refractivity contribution in [3.8, 4) is 0 Å². The van der Waals surface area contributed by atoms with E-state index >= 15 is 0 Å². The summed E-state index contributed by atoms with van der Waals surface area (Å²) >= 11 is 0. The molecule has 0 bridgehead atoms. The van der Waals surface area contributed by atoms with Crippen LogP contribution < -0.4 is 11.1 Å². The van der Waals surface area contributed by atoms with Crippen LogP contribution in [0.25, 0.3) is 11.1 Å². The summed E-state index contributed by atoms with van der Waals surface area (Å²) in [4.78, 5) is 34.9. The molecular weight excluding hydrogens is 450 g/mol. The summed E-state index contributed by atoms with van der Waals surface area (Å²) in [6.07, 6.45) is 0.637. The quantitative estimate of drug-likeness (QED) is 0.255. The molecule has 1 heterocycles. The molecule has 0 atom stereocenters. The molecule has 9 heteroatoms. The molecule has 0 unspecified atom stereocenters. The number of hydrogen-bond acceptors (Lipinski definition) is 6. The van der Waals surface area contributed by atoms with Crippen LogP contribution in [-0.2, 0) is 35.8 Å². The van der Waals surface area contributed by atoms with Gasteiger partial charge in [0, 0.05) is 25.6 Å². The lowest BCUT2D eigenvalue weighted by Gasteiger charge is -2.11. The van der Waals surface area contributed by atoms with Crippen LogP contribution in [0.3, 0.4) is 0 Å². The summed E-state index contributed by atoms with van der Waals surface area (Å²) in [5.41, 5.74) is 3.55. The third-order valence-corrected chi connectivity index (χ3v) is 5.61. The van der Waals surface area contributed by atoms with Crippen molar-refractivity contribution < 1.29 is 18.9 Å². The van der Waals surface area contributed by atoms with Crippen LogP contribution in [0.1, 0.15) is 29.5 Å². The Kier molecular flexibility index (Phi) is 7.69. The maximum Gasteiger partial charge on any atom is 0.419 e. The summed E-state index contributed by atoms with van der Waals surface area (Å²) in [7, 11) is 0. The van der Waals surface area contributed by atoms with Crippen LogP contribution in [0.4, 0.5) is 5.69 Å². The number of fused-ring (bicyclic) bond motifs is 1. The molecule has 4 aromatic rings. The average molecular weight is 476 g/mol. The van der Waals surface area contributed by atoms with E-state index < -0.39 is 10.7 Å². The molecule has 0 aliphatic carbocycles. The molecule has 0 saturated carbocycles. The number of nitro benzene ring substituents is 1. The molecule has 1 aromatic heterocycles. The summed E-state index contributed by atoms with van der Waals surface area (Å²) in [6.45, 7) is 1.59. The molecule has 4 rings (SSSR count). The number of ether oxygens (including phenoxy) is 1. The van der Waals surface area contributed by atoms with Gasteiger partial charge < -0.3 is 14.5 Å². The van der Waals surface area contributed by atoms with E-state index in [1.807, 2.05) is 54.6 Å². The minimum Gasteiger partial charge on any atom is -0.407 e. The van der Waals surface area contributed by atoms with Crippen LogP contribution in [0.5, 0.6) is 0 Å². The Bertz CT molecular complexity index is 1380. The first-order chi connectivity index (χ1) is 17.0. The van der Waals surface area contributed by atoms with Crippen molar-refractivity contribution in [2.75, 3.05) is 0 Å². The topological polar surface area (TPSA) is 117 Å². The number of non-ortho nitro benzene ring substituents is 1. The number of rotatable bonds is 11. The average Bonchev–Trinajstić information content (AvgIpc) is 3.18. The molecule has 0 aliphatic heterocycles. The zero-order chi connectivity index (χ0) is 24.6. The third kappa shape index (κ3) is 6.21. The molecule has 9 nitrogen and oxygen atoms in total. The van der Waals surface area contributed by atoms with Gasteiger partial charge in [0.1, 0.15) is 0 Å². The van der Waals surface area contributed by atoms with Gasteiger partial charge in [-0.25, -0.2) is 4.79 Å². The Balaban J connectivity index is 1.27. The normalized spacial score (nSPS) is 11.0. The van der Waals surface area contributed by atoms with Gasteiger partial charge in [-0.2, -0.15) is 0 Å². The zero-order valence-corrected chi connectivity index (χ0v) is 19.0. The maximum atomic E-state index is 12.4. The fourth-order valence-electron chi connectivity index (χ4n) is 3.78. The minimum atomic E-state index is -0.606. The smallest absolute Gasteiger partial charge is 0.407 e. The van der Waals surface area contributed by atoms with Crippen LogP contribution in [0.15, 0.2) is 82.0 Å². The number of carbonyl (C=O) groups is 1. The van der Waals surface area contributed by atoms with E-state index in [9.17, 15) is 19.7 Å². The van der Waals surface area contributed by atoms with E-state index in [0.29, 0.717) is 31.7 Å². The number of hydrogen-bond donors (Lipinski definition) is 1. The van der Waals surface area contributed by atoms with Gasteiger partial charge in [-0.3, -0.25) is 19.5 Å². The van der Waals surface area contributed by atoms with E-state index in [-0.39, 0.29) is 30.1 Å². The highest BCUT2D eigenvalue weighted by Gasteiger charge is 2.14. The molecule has 1 amide bonds. The monoisotopic (exact) mass is 475 g/mol. The van der Waals surface area contributed by atoms with Gasteiger partial charge >= 0.3 is 5.76 Å². The van der Waals surface area contributed by atoms with Gasteiger partial charge in [-0.15, -0.1) is 0 Å². The lowest BCUT2D eigenvalue weighted by molar-refractivity contribution is -0.384. The van der Waals surface area contributed by atoms with E-state index in [4.69, 9.17) is 9.15 Å². The number of nitrogens with zero attached hydrogens (tertiary/aromatic N) is 2. The molecule has 35 heavy (non-hydrogen) atoms. The first-order valence-corrected chi connectivity index (χ1v) is 11.2. The number of aryl methyl sites for hydroxylation is 1. The van der Waals surface area contributed by atoms with E-state index in [2.05, 4.69) is 5.32 Å². The number of amides is 1. The molecule has 0 aliphatic rings. The molecule has 180 valence electrons. The van der Waals surface area contributed by atoms with Crippen LogP contribution >= 0.6 is 0 Å². The van der Waals surface area contributed by atoms with Gasteiger partial charge in [0.15, 0.2) is 5.58 Å². The van der Waals surface area contributed by atoms with Crippen molar-refractivity contribution in [3.63, 3.8) is 0 Å². The van der Waals surface area contributed by atoms with Crippen LogP contribution in [-0.4, -0.2) is 15.4 Å². The first kappa shape index (κ1) is 23.9.